The summed E-state index contributed by atoms with van der Waals surface area (Å²) in [4.78, 5) is 9.21. The van der Waals surface area contributed by atoms with Gasteiger partial charge in [0.1, 0.15) is 17.2 Å². The summed E-state index contributed by atoms with van der Waals surface area (Å²) in [7, 11) is 0. The first kappa shape index (κ1) is 17.3. The van der Waals surface area contributed by atoms with Crippen molar-refractivity contribution in [3.8, 4) is 11.3 Å². The maximum absolute atomic E-state index is 5.55. The zero-order chi connectivity index (χ0) is 19.0. The van der Waals surface area contributed by atoms with E-state index >= 15 is 0 Å². The Hall–Kier alpha value is -3.14. The van der Waals surface area contributed by atoms with E-state index in [1.165, 1.54) is 11.1 Å². The SMILES string of the molecule is Cc1ccc(C(C)Nc2cc(-c3ccc4occ(C)c4c3)nc(C)n2)cc1. The number of fused-ring (bicyclic) bond motifs is 1. The zero-order valence-electron chi connectivity index (χ0n) is 16.1. The van der Waals surface area contributed by atoms with Crippen LogP contribution in [0.2, 0.25) is 0 Å². The Morgan fingerprint density at radius 3 is 2.48 bits per heavy atom. The summed E-state index contributed by atoms with van der Waals surface area (Å²) in [6.07, 6.45) is 1.79. The average Bonchev–Trinajstić information content (AvgIpc) is 3.02. The highest BCUT2D eigenvalue weighted by atomic mass is 16.3. The van der Waals surface area contributed by atoms with Gasteiger partial charge in [0.25, 0.3) is 0 Å². The van der Waals surface area contributed by atoms with Gasteiger partial charge in [-0.05, 0) is 57.0 Å². The van der Waals surface area contributed by atoms with Gasteiger partial charge in [0.2, 0.25) is 0 Å². The van der Waals surface area contributed by atoms with Gasteiger partial charge in [0.05, 0.1) is 12.0 Å². The van der Waals surface area contributed by atoms with Crippen molar-refractivity contribution in [1.82, 2.24) is 9.97 Å². The monoisotopic (exact) mass is 357 g/mol. The Kier molecular flexibility index (Phi) is 4.40. The van der Waals surface area contributed by atoms with Crippen molar-refractivity contribution in [2.24, 2.45) is 0 Å². The topological polar surface area (TPSA) is 51.0 Å². The highest BCUT2D eigenvalue weighted by Gasteiger charge is 2.11. The number of furan rings is 1. The molecule has 4 aromatic rings. The van der Waals surface area contributed by atoms with Crippen LogP contribution in [0.1, 0.15) is 35.5 Å². The number of rotatable bonds is 4. The molecule has 2 aromatic heterocycles. The van der Waals surface area contributed by atoms with Crippen molar-refractivity contribution in [2.75, 3.05) is 5.32 Å². The summed E-state index contributed by atoms with van der Waals surface area (Å²) >= 11 is 0. The van der Waals surface area contributed by atoms with Crippen LogP contribution in [0, 0.1) is 20.8 Å². The molecule has 27 heavy (non-hydrogen) atoms. The molecule has 0 fully saturated rings. The Labute approximate surface area is 159 Å². The lowest BCUT2D eigenvalue weighted by molar-refractivity contribution is 0.613. The normalized spacial score (nSPS) is 12.3. The van der Waals surface area contributed by atoms with Gasteiger partial charge in [-0.1, -0.05) is 29.8 Å². The van der Waals surface area contributed by atoms with Gasteiger partial charge in [0, 0.05) is 23.1 Å². The molecule has 0 bridgehead atoms. The van der Waals surface area contributed by atoms with E-state index in [1.54, 1.807) is 6.26 Å². The molecule has 1 unspecified atom stereocenters. The summed E-state index contributed by atoms with van der Waals surface area (Å²) in [5, 5.41) is 4.62. The van der Waals surface area contributed by atoms with E-state index < -0.39 is 0 Å². The second kappa shape index (κ2) is 6.88. The van der Waals surface area contributed by atoms with Crippen molar-refractivity contribution in [3.63, 3.8) is 0 Å². The van der Waals surface area contributed by atoms with Crippen molar-refractivity contribution in [1.29, 1.82) is 0 Å². The predicted octanol–water partition coefficient (Wildman–Crippen LogP) is 5.99. The van der Waals surface area contributed by atoms with E-state index in [0.717, 1.165) is 39.4 Å². The Morgan fingerprint density at radius 2 is 1.70 bits per heavy atom. The fourth-order valence-corrected chi connectivity index (χ4v) is 3.27. The van der Waals surface area contributed by atoms with Crippen molar-refractivity contribution in [2.45, 2.75) is 33.7 Å². The standard InChI is InChI=1S/C23H23N3O/c1-14-5-7-18(8-6-14)16(3)24-23-12-21(25-17(4)26-23)19-9-10-22-20(11-19)15(2)13-27-22/h5-13,16H,1-4H3,(H,24,25,26). The van der Waals surface area contributed by atoms with Crippen LogP contribution < -0.4 is 5.32 Å². The summed E-state index contributed by atoms with van der Waals surface area (Å²) in [5.74, 6) is 1.57. The lowest BCUT2D eigenvalue weighted by Gasteiger charge is -2.16. The molecule has 4 nitrogen and oxygen atoms in total. The van der Waals surface area contributed by atoms with Gasteiger partial charge >= 0.3 is 0 Å². The van der Waals surface area contributed by atoms with Gasteiger partial charge in [-0.25, -0.2) is 9.97 Å². The van der Waals surface area contributed by atoms with E-state index in [4.69, 9.17) is 4.42 Å². The second-order valence-corrected chi connectivity index (χ2v) is 7.09. The molecular weight excluding hydrogens is 334 g/mol. The van der Waals surface area contributed by atoms with Crippen molar-refractivity contribution in [3.05, 3.63) is 77.3 Å². The lowest BCUT2D eigenvalue weighted by Crippen LogP contribution is -2.09. The molecule has 4 heteroatoms. The van der Waals surface area contributed by atoms with Gasteiger partial charge in [0.15, 0.2) is 0 Å². The summed E-state index contributed by atoms with van der Waals surface area (Å²) in [6.45, 7) is 8.22. The third kappa shape index (κ3) is 3.56. The van der Waals surface area contributed by atoms with Crippen LogP contribution in [0.3, 0.4) is 0 Å². The van der Waals surface area contributed by atoms with E-state index in [-0.39, 0.29) is 6.04 Å². The molecule has 1 N–H and O–H groups in total. The lowest BCUT2D eigenvalue weighted by atomic mass is 10.1. The van der Waals surface area contributed by atoms with Crippen LogP contribution in [0.5, 0.6) is 0 Å². The number of aromatic nitrogens is 2. The molecule has 2 aromatic carbocycles. The van der Waals surface area contributed by atoms with Crippen LogP contribution in [0.25, 0.3) is 22.2 Å². The van der Waals surface area contributed by atoms with E-state index in [1.807, 2.05) is 25.1 Å². The fourth-order valence-electron chi connectivity index (χ4n) is 3.27. The molecule has 0 aliphatic rings. The molecule has 0 aliphatic carbocycles. The highest BCUT2D eigenvalue weighted by Crippen LogP contribution is 2.28. The zero-order valence-corrected chi connectivity index (χ0v) is 16.1. The number of nitrogens with zero attached hydrogens (tertiary/aromatic N) is 2. The number of nitrogens with one attached hydrogen (secondary N) is 1. The fraction of sp³-hybridized carbons (Fsp3) is 0.217. The second-order valence-electron chi connectivity index (χ2n) is 7.09. The first-order valence-electron chi connectivity index (χ1n) is 9.16. The number of anilines is 1. The minimum Gasteiger partial charge on any atom is -0.464 e. The predicted molar refractivity (Wildman–Crippen MR) is 110 cm³/mol. The minimum atomic E-state index is 0.159. The van der Waals surface area contributed by atoms with Crippen LogP contribution in [0.15, 0.2) is 59.2 Å². The number of aryl methyl sites for hydroxylation is 3. The number of hydrogen-bond donors (Lipinski definition) is 1. The van der Waals surface area contributed by atoms with Crippen LogP contribution in [-0.2, 0) is 0 Å². The third-order valence-corrected chi connectivity index (χ3v) is 4.84. The summed E-state index contributed by atoms with van der Waals surface area (Å²) in [5.41, 5.74) is 6.48. The maximum atomic E-state index is 5.55. The number of benzene rings is 2. The van der Waals surface area contributed by atoms with E-state index in [9.17, 15) is 0 Å². The third-order valence-electron chi connectivity index (χ3n) is 4.84. The van der Waals surface area contributed by atoms with Crippen molar-refractivity contribution >= 4 is 16.8 Å². The molecule has 136 valence electrons. The van der Waals surface area contributed by atoms with E-state index in [0.29, 0.717) is 0 Å². The van der Waals surface area contributed by atoms with Gasteiger partial charge < -0.3 is 9.73 Å². The number of hydrogen-bond acceptors (Lipinski definition) is 4. The highest BCUT2D eigenvalue weighted by molar-refractivity contribution is 5.85. The molecule has 0 spiro atoms. The molecule has 0 amide bonds. The Morgan fingerprint density at radius 1 is 0.926 bits per heavy atom. The Balaban J connectivity index is 1.66. The largest absolute Gasteiger partial charge is 0.464 e. The molecule has 0 saturated carbocycles. The quantitative estimate of drug-likeness (QED) is 0.487. The minimum absolute atomic E-state index is 0.159. The van der Waals surface area contributed by atoms with Crippen LogP contribution in [-0.4, -0.2) is 9.97 Å². The molecule has 0 aliphatic heterocycles. The summed E-state index contributed by atoms with van der Waals surface area (Å²) in [6, 6.07) is 16.9. The smallest absolute Gasteiger partial charge is 0.134 e. The molecular formula is C23H23N3O. The van der Waals surface area contributed by atoms with E-state index in [2.05, 4.69) is 66.4 Å². The van der Waals surface area contributed by atoms with Crippen LogP contribution >= 0.6 is 0 Å². The first-order valence-corrected chi connectivity index (χ1v) is 9.16. The molecule has 4 rings (SSSR count). The molecule has 2 heterocycles. The first-order chi connectivity index (χ1) is 13.0. The average molecular weight is 357 g/mol. The maximum Gasteiger partial charge on any atom is 0.134 e. The molecule has 0 radical (unpaired) electrons. The molecule has 0 saturated heterocycles. The van der Waals surface area contributed by atoms with Crippen molar-refractivity contribution < 1.29 is 4.42 Å². The van der Waals surface area contributed by atoms with Gasteiger partial charge in [-0.3, -0.25) is 0 Å². The summed E-state index contributed by atoms with van der Waals surface area (Å²) < 4.78 is 5.55. The van der Waals surface area contributed by atoms with Gasteiger partial charge in [-0.15, -0.1) is 0 Å². The van der Waals surface area contributed by atoms with Gasteiger partial charge in [-0.2, -0.15) is 0 Å². The Bertz CT molecular complexity index is 1100. The van der Waals surface area contributed by atoms with Crippen LogP contribution in [0.4, 0.5) is 5.82 Å². The molecule has 1 atom stereocenters.